The van der Waals surface area contributed by atoms with Gasteiger partial charge in [0, 0.05) is 0 Å². The SMILES string of the molecule is CCCCCCc1ccc2c(c1)CCC(C1CCC3CC(/C=C/F)CCC3C1)C2. The summed E-state index contributed by atoms with van der Waals surface area (Å²) in [5.41, 5.74) is 4.87. The highest BCUT2D eigenvalue weighted by atomic mass is 19.1. The van der Waals surface area contributed by atoms with E-state index in [1.54, 1.807) is 16.7 Å². The normalized spacial score (nSPS) is 32.1. The van der Waals surface area contributed by atoms with Crippen molar-refractivity contribution in [2.24, 2.45) is 29.6 Å². The third kappa shape index (κ3) is 5.33. The first-order valence-corrected chi connectivity index (χ1v) is 12.6. The molecule has 0 aliphatic heterocycles. The van der Waals surface area contributed by atoms with Crippen molar-refractivity contribution in [1.29, 1.82) is 0 Å². The molecule has 0 amide bonds. The lowest BCUT2D eigenvalue weighted by Gasteiger charge is -2.44. The number of benzene rings is 1. The minimum atomic E-state index is 0.510. The van der Waals surface area contributed by atoms with E-state index < -0.39 is 0 Å². The van der Waals surface area contributed by atoms with E-state index in [0.29, 0.717) is 5.92 Å². The highest BCUT2D eigenvalue weighted by Crippen LogP contribution is 2.48. The first-order chi connectivity index (χ1) is 14.3. The molecule has 0 saturated heterocycles. The van der Waals surface area contributed by atoms with E-state index >= 15 is 0 Å². The van der Waals surface area contributed by atoms with Gasteiger partial charge in [-0.2, -0.15) is 0 Å². The Morgan fingerprint density at radius 3 is 2.48 bits per heavy atom. The quantitative estimate of drug-likeness (QED) is 0.407. The third-order valence-corrected chi connectivity index (χ3v) is 8.56. The average molecular weight is 397 g/mol. The molecule has 5 atom stereocenters. The van der Waals surface area contributed by atoms with Gasteiger partial charge in [-0.25, -0.2) is 4.39 Å². The van der Waals surface area contributed by atoms with Gasteiger partial charge in [0.05, 0.1) is 6.33 Å². The summed E-state index contributed by atoms with van der Waals surface area (Å²) in [6, 6.07) is 7.43. The molecule has 2 fully saturated rings. The molecular formula is C28H41F. The topological polar surface area (TPSA) is 0 Å². The van der Waals surface area contributed by atoms with Crippen molar-refractivity contribution in [1.82, 2.24) is 0 Å². The van der Waals surface area contributed by atoms with E-state index in [0.717, 1.165) is 30.0 Å². The second-order valence-corrected chi connectivity index (χ2v) is 10.4. The van der Waals surface area contributed by atoms with Crippen LogP contribution >= 0.6 is 0 Å². The molecule has 3 aliphatic rings. The number of allylic oxidation sites excluding steroid dienone is 1. The second-order valence-electron chi connectivity index (χ2n) is 10.4. The van der Waals surface area contributed by atoms with Gasteiger partial charge in [-0.1, -0.05) is 50.5 Å². The van der Waals surface area contributed by atoms with E-state index in [1.807, 2.05) is 6.08 Å². The van der Waals surface area contributed by atoms with Crippen molar-refractivity contribution >= 4 is 0 Å². The number of hydrogen-bond acceptors (Lipinski definition) is 0. The summed E-state index contributed by atoms with van der Waals surface area (Å²) in [7, 11) is 0. The molecule has 4 rings (SSSR count). The molecule has 160 valence electrons. The van der Waals surface area contributed by atoms with Crippen molar-refractivity contribution < 1.29 is 4.39 Å². The number of aryl methyl sites for hydroxylation is 2. The zero-order valence-corrected chi connectivity index (χ0v) is 18.6. The van der Waals surface area contributed by atoms with Crippen LogP contribution in [0.15, 0.2) is 30.6 Å². The van der Waals surface area contributed by atoms with Gasteiger partial charge in [-0.05, 0) is 117 Å². The maximum atomic E-state index is 12.6. The zero-order valence-electron chi connectivity index (χ0n) is 18.6. The van der Waals surface area contributed by atoms with Crippen molar-refractivity contribution in [2.45, 2.75) is 96.8 Å². The molecule has 0 radical (unpaired) electrons. The fourth-order valence-electron chi connectivity index (χ4n) is 6.82. The lowest BCUT2D eigenvalue weighted by molar-refractivity contribution is 0.0809. The lowest BCUT2D eigenvalue weighted by atomic mass is 9.61. The van der Waals surface area contributed by atoms with E-state index in [4.69, 9.17) is 0 Å². The summed E-state index contributed by atoms with van der Waals surface area (Å²) in [6.07, 6.45) is 21.4. The van der Waals surface area contributed by atoms with Crippen LogP contribution < -0.4 is 0 Å². The molecule has 1 aromatic carbocycles. The zero-order chi connectivity index (χ0) is 20.1. The molecular weight excluding hydrogens is 355 g/mol. The summed E-state index contributed by atoms with van der Waals surface area (Å²) in [5, 5.41) is 0. The Morgan fingerprint density at radius 2 is 1.66 bits per heavy atom. The number of unbranched alkanes of at least 4 members (excludes halogenated alkanes) is 3. The van der Waals surface area contributed by atoms with Crippen molar-refractivity contribution in [2.75, 3.05) is 0 Å². The number of fused-ring (bicyclic) bond motifs is 2. The summed E-state index contributed by atoms with van der Waals surface area (Å²) in [5.74, 6) is 4.14. The van der Waals surface area contributed by atoms with Gasteiger partial charge in [0.25, 0.3) is 0 Å². The summed E-state index contributed by atoms with van der Waals surface area (Å²) in [6.45, 7) is 2.29. The highest BCUT2D eigenvalue weighted by molar-refractivity contribution is 5.34. The highest BCUT2D eigenvalue weighted by Gasteiger charge is 2.38. The first-order valence-electron chi connectivity index (χ1n) is 12.6. The van der Waals surface area contributed by atoms with Crippen LogP contribution in [0.2, 0.25) is 0 Å². The maximum absolute atomic E-state index is 12.6. The maximum Gasteiger partial charge on any atom is 0.0829 e. The number of halogens is 1. The standard InChI is InChI=1S/C28H41F/c1-2-3-4-5-6-21-7-9-25-19-27(13-11-23(25)17-21)28-14-12-24-18-22(15-16-29)8-10-26(24)20-28/h7,9,15-17,22,24,26-28H,2-6,8,10-14,18-20H2,1H3/b16-15+. The van der Waals surface area contributed by atoms with Crippen molar-refractivity contribution in [3.05, 3.63) is 47.3 Å². The van der Waals surface area contributed by atoms with Gasteiger partial charge >= 0.3 is 0 Å². The van der Waals surface area contributed by atoms with Crippen molar-refractivity contribution in [3.63, 3.8) is 0 Å². The van der Waals surface area contributed by atoms with Gasteiger partial charge in [-0.15, -0.1) is 0 Å². The van der Waals surface area contributed by atoms with E-state index in [9.17, 15) is 4.39 Å². The van der Waals surface area contributed by atoms with Gasteiger partial charge in [0.1, 0.15) is 0 Å². The molecule has 0 heterocycles. The number of rotatable bonds is 7. The van der Waals surface area contributed by atoms with Crippen LogP contribution in [0.4, 0.5) is 4.39 Å². The molecule has 0 nitrogen and oxygen atoms in total. The van der Waals surface area contributed by atoms with Crippen LogP contribution in [-0.2, 0) is 19.3 Å². The first kappa shape index (κ1) is 21.1. The summed E-state index contributed by atoms with van der Waals surface area (Å²) < 4.78 is 12.6. The molecule has 2 saturated carbocycles. The van der Waals surface area contributed by atoms with Gasteiger partial charge in [0.2, 0.25) is 0 Å². The fourth-order valence-corrected chi connectivity index (χ4v) is 6.82. The largest absolute Gasteiger partial charge is 0.216 e. The Bertz CT molecular complexity index is 675. The predicted octanol–water partition coefficient (Wildman–Crippen LogP) is 8.23. The van der Waals surface area contributed by atoms with Crippen LogP contribution in [0.3, 0.4) is 0 Å². The van der Waals surface area contributed by atoms with Gasteiger partial charge in [0.15, 0.2) is 0 Å². The van der Waals surface area contributed by atoms with Crippen molar-refractivity contribution in [3.8, 4) is 0 Å². The van der Waals surface area contributed by atoms with Crippen LogP contribution in [0.25, 0.3) is 0 Å². The number of hydrogen-bond donors (Lipinski definition) is 0. The fraction of sp³-hybridized carbons (Fsp3) is 0.714. The summed E-state index contributed by atoms with van der Waals surface area (Å²) >= 11 is 0. The molecule has 1 heteroatoms. The molecule has 3 aliphatic carbocycles. The lowest BCUT2D eigenvalue weighted by Crippen LogP contribution is -2.34. The average Bonchev–Trinajstić information content (AvgIpc) is 2.76. The van der Waals surface area contributed by atoms with Crippen LogP contribution in [0.1, 0.15) is 94.2 Å². The van der Waals surface area contributed by atoms with E-state index in [-0.39, 0.29) is 0 Å². The molecule has 0 bridgehead atoms. The predicted molar refractivity (Wildman–Crippen MR) is 122 cm³/mol. The monoisotopic (exact) mass is 396 g/mol. The van der Waals surface area contributed by atoms with Gasteiger partial charge in [-0.3, -0.25) is 0 Å². The Balaban J connectivity index is 1.30. The molecule has 0 aromatic heterocycles. The Hall–Kier alpha value is -1.11. The Kier molecular flexibility index (Phi) is 7.49. The molecule has 1 aromatic rings. The van der Waals surface area contributed by atoms with Crippen LogP contribution in [0.5, 0.6) is 0 Å². The minimum Gasteiger partial charge on any atom is -0.216 e. The molecule has 0 N–H and O–H groups in total. The minimum absolute atomic E-state index is 0.510. The smallest absolute Gasteiger partial charge is 0.0829 e. The Labute approximate surface area is 178 Å². The van der Waals surface area contributed by atoms with Crippen LogP contribution in [-0.4, -0.2) is 0 Å². The second kappa shape index (κ2) is 10.3. The molecule has 5 unspecified atom stereocenters. The van der Waals surface area contributed by atoms with Crippen LogP contribution in [0, 0.1) is 29.6 Å². The molecule has 29 heavy (non-hydrogen) atoms. The van der Waals surface area contributed by atoms with E-state index in [2.05, 4.69) is 25.1 Å². The molecule has 0 spiro atoms. The summed E-state index contributed by atoms with van der Waals surface area (Å²) in [4.78, 5) is 0. The third-order valence-electron chi connectivity index (χ3n) is 8.56. The van der Waals surface area contributed by atoms with Gasteiger partial charge < -0.3 is 0 Å². The Morgan fingerprint density at radius 1 is 0.862 bits per heavy atom. The van der Waals surface area contributed by atoms with E-state index in [1.165, 1.54) is 89.9 Å².